The van der Waals surface area contributed by atoms with Crippen molar-refractivity contribution in [1.29, 1.82) is 0 Å². The maximum atomic E-state index is 5.54. The number of thiazole rings is 1. The normalized spacial score (nSPS) is 21.2. The number of hydrogen-bond acceptors (Lipinski definition) is 4. The zero-order valence-corrected chi connectivity index (χ0v) is 11.5. The molecule has 0 aromatic carbocycles. The SMILES string of the molecule is CCCC1CCN(Cc2csc(CCN)n2)C1. The molecule has 0 saturated carbocycles. The van der Waals surface area contributed by atoms with Crippen LogP contribution in [0.25, 0.3) is 0 Å². The monoisotopic (exact) mass is 253 g/mol. The van der Waals surface area contributed by atoms with Gasteiger partial charge in [-0.15, -0.1) is 11.3 Å². The lowest BCUT2D eigenvalue weighted by molar-refractivity contribution is 0.309. The third kappa shape index (κ3) is 3.76. The fraction of sp³-hybridized carbons (Fsp3) is 0.769. The molecule has 1 aliphatic heterocycles. The van der Waals surface area contributed by atoms with Crippen LogP contribution in [-0.4, -0.2) is 29.5 Å². The van der Waals surface area contributed by atoms with Crippen LogP contribution in [0.1, 0.15) is 36.9 Å². The maximum Gasteiger partial charge on any atom is 0.0941 e. The first kappa shape index (κ1) is 13.0. The van der Waals surface area contributed by atoms with Crippen LogP contribution in [0.5, 0.6) is 0 Å². The molecular weight excluding hydrogens is 230 g/mol. The second-order valence-corrected chi connectivity index (χ2v) is 5.89. The van der Waals surface area contributed by atoms with Gasteiger partial charge in [0.05, 0.1) is 10.7 Å². The molecule has 0 aliphatic carbocycles. The van der Waals surface area contributed by atoms with Gasteiger partial charge in [0.2, 0.25) is 0 Å². The Kier molecular flexibility index (Phi) is 4.95. The smallest absolute Gasteiger partial charge is 0.0941 e. The molecule has 1 atom stereocenters. The molecule has 1 aromatic heterocycles. The summed E-state index contributed by atoms with van der Waals surface area (Å²) in [5.74, 6) is 0.919. The number of aromatic nitrogens is 1. The summed E-state index contributed by atoms with van der Waals surface area (Å²) in [6.45, 7) is 6.52. The quantitative estimate of drug-likeness (QED) is 0.845. The van der Waals surface area contributed by atoms with E-state index in [0.717, 1.165) is 18.9 Å². The summed E-state index contributed by atoms with van der Waals surface area (Å²) in [5, 5.41) is 3.38. The van der Waals surface area contributed by atoms with Crippen LogP contribution in [0.3, 0.4) is 0 Å². The Hall–Kier alpha value is -0.450. The Balaban J connectivity index is 1.80. The van der Waals surface area contributed by atoms with E-state index in [4.69, 9.17) is 5.73 Å². The molecule has 1 aliphatic rings. The van der Waals surface area contributed by atoms with Crippen molar-refractivity contribution < 1.29 is 0 Å². The molecule has 1 saturated heterocycles. The van der Waals surface area contributed by atoms with Gasteiger partial charge in [0.1, 0.15) is 0 Å². The third-order valence-corrected chi connectivity index (χ3v) is 4.37. The second-order valence-electron chi connectivity index (χ2n) is 4.95. The van der Waals surface area contributed by atoms with Gasteiger partial charge in [-0.2, -0.15) is 0 Å². The molecule has 2 heterocycles. The van der Waals surface area contributed by atoms with Crippen molar-refractivity contribution in [2.45, 2.75) is 39.2 Å². The van der Waals surface area contributed by atoms with Gasteiger partial charge in [0.15, 0.2) is 0 Å². The van der Waals surface area contributed by atoms with Crippen molar-refractivity contribution in [1.82, 2.24) is 9.88 Å². The van der Waals surface area contributed by atoms with Crippen LogP contribution in [-0.2, 0) is 13.0 Å². The lowest BCUT2D eigenvalue weighted by Gasteiger charge is -2.14. The van der Waals surface area contributed by atoms with Gasteiger partial charge in [0, 0.05) is 24.9 Å². The number of hydrogen-bond donors (Lipinski definition) is 1. The fourth-order valence-electron chi connectivity index (χ4n) is 2.59. The molecule has 2 N–H and O–H groups in total. The van der Waals surface area contributed by atoms with Crippen LogP contribution in [0.4, 0.5) is 0 Å². The second kappa shape index (κ2) is 6.47. The van der Waals surface area contributed by atoms with E-state index in [1.54, 1.807) is 11.3 Å². The van der Waals surface area contributed by atoms with E-state index >= 15 is 0 Å². The van der Waals surface area contributed by atoms with Crippen molar-refractivity contribution in [2.75, 3.05) is 19.6 Å². The number of likely N-dealkylation sites (tertiary alicyclic amines) is 1. The first-order valence-corrected chi connectivity index (χ1v) is 7.55. The molecule has 2 rings (SSSR count). The largest absolute Gasteiger partial charge is 0.330 e. The standard InChI is InChI=1S/C13H23N3S/c1-2-3-11-5-7-16(8-11)9-12-10-17-13(15-12)4-6-14/h10-11H,2-9,14H2,1H3. The Bertz CT molecular complexity index is 337. The van der Waals surface area contributed by atoms with Crippen LogP contribution in [0.15, 0.2) is 5.38 Å². The first-order chi connectivity index (χ1) is 8.31. The van der Waals surface area contributed by atoms with Gasteiger partial charge in [-0.3, -0.25) is 4.90 Å². The topological polar surface area (TPSA) is 42.1 Å². The molecule has 0 bridgehead atoms. The highest BCUT2D eigenvalue weighted by atomic mass is 32.1. The number of nitrogens with zero attached hydrogens (tertiary/aromatic N) is 2. The van der Waals surface area contributed by atoms with Crippen LogP contribution < -0.4 is 5.73 Å². The number of nitrogens with two attached hydrogens (primary N) is 1. The zero-order chi connectivity index (χ0) is 12.1. The van der Waals surface area contributed by atoms with Crippen molar-refractivity contribution in [3.8, 4) is 0 Å². The van der Waals surface area contributed by atoms with Crippen molar-refractivity contribution in [3.05, 3.63) is 16.1 Å². The molecule has 0 spiro atoms. The lowest BCUT2D eigenvalue weighted by atomic mass is 10.0. The number of rotatable bonds is 6. The van der Waals surface area contributed by atoms with Gasteiger partial charge in [-0.05, 0) is 31.8 Å². The van der Waals surface area contributed by atoms with E-state index in [9.17, 15) is 0 Å². The van der Waals surface area contributed by atoms with Crippen molar-refractivity contribution in [2.24, 2.45) is 11.7 Å². The third-order valence-electron chi connectivity index (χ3n) is 3.41. The highest BCUT2D eigenvalue weighted by Gasteiger charge is 2.22. The zero-order valence-electron chi connectivity index (χ0n) is 10.7. The average Bonchev–Trinajstić information content (AvgIpc) is 2.91. The van der Waals surface area contributed by atoms with Gasteiger partial charge >= 0.3 is 0 Å². The van der Waals surface area contributed by atoms with Crippen LogP contribution >= 0.6 is 11.3 Å². The summed E-state index contributed by atoms with van der Waals surface area (Å²) in [6, 6.07) is 0. The molecule has 96 valence electrons. The summed E-state index contributed by atoms with van der Waals surface area (Å²) in [4.78, 5) is 7.17. The summed E-state index contributed by atoms with van der Waals surface area (Å²) >= 11 is 1.75. The van der Waals surface area contributed by atoms with Crippen molar-refractivity contribution in [3.63, 3.8) is 0 Å². The highest BCUT2D eigenvalue weighted by molar-refractivity contribution is 7.09. The molecular formula is C13H23N3S. The minimum Gasteiger partial charge on any atom is -0.330 e. The highest BCUT2D eigenvalue weighted by Crippen LogP contribution is 2.22. The van der Waals surface area contributed by atoms with Gasteiger partial charge in [-0.1, -0.05) is 13.3 Å². The van der Waals surface area contributed by atoms with Gasteiger partial charge < -0.3 is 5.73 Å². The Morgan fingerprint density at radius 1 is 1.59 bits per heavy atom. The molecule has 1 aromatic rings. The van der Waals surface area contributed by atoms with E-state index in [1.165, 1.54) is 43.1 Å². The summed E-state index contributed by atoms with van der Waals surface area (Å²) in [5.41, 5.74) is 6.77. The summed E-state index contributed by atoms with van der Waals surface area (Å²) in [7, 11) is 0. The Labute approximate surface area is 108 Å². The van der Waals surface area contributed by atoms with E-state index in [0.29, 0.717) is 6.54 Å². The van der Waals surface area contributed by atoms with Crippen LogP contribution in [0, 0.1) is 5.92 Å². The Morgan fingerprint density at radius 3 is 3.24 bits per heavy atom. The summed E-state index contributed by atoms with van der Waals surface area (Å²) in [6.07, 6.45) is 4.98. The lowest BCUT2D eigenvalue weighted by Crippen LogP contribution is -2.20. The Morgan fingerprint density at radius 2 is 2.47 bits per heavy atom. The fourth-order valence-corrected chi connectivity index (χ4v) is 3.39. The van der Waals surface area contributed by atoms with E-state index in [2.05, 4.69) is 22.2 Å². The van der Waals surface area contributed by atoms with E-state index in [-0.39, 0.29) is 0 Å². The van der Waals surface area contributed by atoms with Gasteiger partial charge in [0.25, 0.3) is 0 Å². The minimum atomic E-state index is 0.704. The van der Waals surface area contributed by atoms with Gasteiger partial charge in [-0.25, -0.2) is 4.98 Å². The summed E-state index contributed by atoms with van der Waals surface area (Å²) < 4.78 is 0. The first-order valence-electron chi connectivity index (χ1n) is 6.67. The molecule has 17 heavy (non-hydrogen) atoms. The molecule has 0 amide bonds. The molecule has 1 fully saturated rings. The predicted octanol–water partition coefficient (Wildman–Crippen LogP) is 2.27. The molecule has 4 heteroatoms. The predicted molar refractivity (Wildman–Crippen MR) is 73.2 cm³/mol. The van der Waals surface area contributed by atoms with E-state index in [1.807, 2.05) is 0 Å². The molecule has 1 unspecified atom stereocenters. The molecule has 0 radical (unpaired) electrons. The maximum absolute atomic E-state index is 5.54. The van der Waals surface area contributed by atoms with E-state index < -0.39 is 0 Å². The molecule has 3 nitrogen and oxygen atoms in total. The van der Waals surface area contributed by atoms with Crippen molar-refractivity contribution >= 4 is 11.3 Å². The minimum absolute atomic E-state index is 0.704. The van der Waals surface area contributed by atoms with Crippen LogP contribution in [0.2, 0.25) is 0 Å². The average molecular weight is 253 g/mol.